The van der Waals surface area contributed by atoms with Crippen LogP contribution in [0.5, 0.6) is 0 Å². The van der Waals surface area contributed by atoms with Crippen molar-refractivity contribution < 1.29 is 0 Å². The molecule has 0 aliphatic rings. The van der Waals surface area contributed by atoms with E-state index in [1.165, 1.54) is 64.5 Å². The number of thiophene rings is 1. The van der Waals surface area contributed by atoms with Gasteiger partial charge in [-0.25, -0.2) is 4.98 Å². The summed E-state index contributed by atoms with van der Waals surface area (Å²) in [7, 11) is 0. The number of hydrogen-bond acceptors (Lipinski definition) is 4. The molecule has 0 radical (unpaired) electrons. The molecule has 284 valence electrons. The fourth-order valence-electron chi connectivity index (χ4n) is 9.41. The number of nitrogens with zero attached hydrogens (tertiary/aromatic N) is 5. The van der Waals surface area contributed by atoms with Gasteiger partial charge in [-0.05, 0) is 52.6 Å². The quantitative estimate of drug-likeness (QED) is 0.168. The number of rotatable bonds is 6. The van der Waals surface area contributed by atoms with E-state index >= 15 is 0 Å². The van der Waals surface area contributed by atoms with Crippen LogP contribution in [0.3, 0.4) is 0 Å². The summed E-state index contributed by atoms with van der Waals surface area (Å²) >= 11 is 1.89. The van der Waals surface area contributed by atoms with E-state index in [1.54, 1.807) is 0 Å². The van der Waals surface area contributed by atoms with Gasteiger partial charge < -0.3 is 4.40 Å². The third kappa shape index (κ3) is 5.16. The van der Waals surface area contributed by atoms with Gasteiger partial charge in [-0.3, -0.25) is 4.57 Å². The lowest BCUT2D eigenvalue weighted by Crippen LogP contribution is -2.06. The van der Waals surface area contributed by atoms with Crippen LogP contribution in [0.4, 0.5) is 0 Å². The fraction of sp³-hybridized carbons (Fsp3) is 0. The maximum Gasteiger partial charge on any atom is 0.238 e. The van der Waals surface area contributed by atoms with E-state index in [-0.39, 0.29) is 0 Å². The Kier molecular flexibility index (Phi) is 7.41. The van der Waals surface area contributed by atoms with Crippen molar-refractivity contribution in [3.05, 3.63) is 200 Å². The third-order valence-corrected chi connectivity index (χ3v) is 13.4. The second kappa shape index (κ2) is 13.3. The zero-order valence-corrected chi connectivity index (χ0v) is 33.5. The highest BCUT2D eigenvalue weighted by Gasteiger charge is 2.26. The second-order valence-corrected chi connectivity index (χ2v) is 16.6. The third-order valence-electron chi connectivity index (χ3n) is 12.1. The maximum atomic E-state index is 5.13. The minimum atomic E-state index is 0.587. The predicted octanol–water partition coefficient (Wildman–Crippen LogP) is 14.5. The Balaban J connectivity index is 1.01. The van der Waals surface area contributed by atoms with Crippen molar-refractivity contribution in [1.82, 2.24) is 23.9 Å². The molecule has 0 saturated carbocycles. The minimum Gasteiger partial charge on any atom is -0.306 e. The predicted molar refractivity (Wildman–Crippen MR) is 254 cm³/mol. The lowest BCUT2D eigenvalue weighted by molar-refractivity contribution is 0.953. The number of para-hydroxylation sites is 2. The van der Waals surface area contributed by atoms with Gasteiger partial charge in [-0.1, -0.05) is 170 Å². The van der Waals surface area contributed by atoms with E-state index in [4.69, 9.17) is 15.0 Å². The van der Waals surface area contributed by atoms with Gasteiger partial charge in [-0.15, -0.1) is 11.3 Å². The molecule has 5 aromatic heterocycles. The Morgan fingerprint density at radius 3 is 1.46 bits per heavy atom. The standard InChI is InChI=1S/C55H33N5S/c1-5-16-34(17-6-1)51-48-42-26-15-25-41-44-33-39(29-31-47(44)60(49(41)42)50(48)52(61-51)35-18-7-2-8-19-35)38-28-30-46-43(32-38)40-24-13-14-27-45(40)59(46)55-57-53(36-20-9-3-10-21-36)56-54(58-55)37-22-11-4-12-23-37/h1-33H. The van der Waals surface area contributed by atoms with Crippen LogP contribution in [-0.4, -0.2) is 23.9 Å². The van der Waals surface area contributed by atoms with Gasteiger partial charge in [-0.2, -0.15) is 9.97 Å². The molecule has 0 atom stereocenters. The van der Waals surface area contributed by atoms with Crippen LogP contribution in [-0.2, 0) is 0 Å². The molecule has 0 amide bonds. The smallest absolute Gasteiger partial charge is 0.238 e. The highest BCUT2D eigenvalue weighted by atomic mass is 32.1. The largest absolute Gasteiger partial charge is 0.306 e. The van der Waals surface area contributed by atoms with Crippen molar-refractivity contribution in [2.24, 2.45) is 0 Å². The fourth-order valence-corrected chi connectivity index (χ4v) is 10.7. The van der Waals surface area contributed by atoms with Crippen molar-refractivity contribution in [2.75, 3.05) is 0 Å². The summed E-state index contributed by atoms with van der Waals surface area (Å²) in [6.07, 6.45) is 0. The first-order valence-corrected chi connectivity index (χ1v) is 21.3. The monoisotopic (exact) mass is 795 g/mol. The molecule has 0 bridgehead atoms. The first-order chi connectivity index (χ1) is 30.3. The summed E-state index contributed by atoms with van der Waals surface area (Å²) in [6, 6.07) is 71.2. The molecule has 0 aliphatic heterocycles. The van der Waals surface area contributed by atoms with Crippen molar-refractivity contribution in [3.8, 4) is 60.7 Å². The molecule has 13 aromatic rings. The van der Waals surface area contributed by atoms with Crippen LogP contribution in [0, 0.1) is 0 Å². The second-order valence-electron chi connectivity index (χ2n) is 15.6. The average Bonchev–Trinajstić information content (AvgIpc) is 4.08. The summed E-state index contributed by atoms with van der Waals surface area (Å²) < 4.78 is 4.72. The van der Waals surface area contributed by atoms with Gasteiger partial charge in [0.1, 0.15) is 0 Å². The molecule has 0 spiro atoms. The Bertz CT molecular complexity index is 3740. The van der Waals surface area contributed by atoms with Crippen LogP contribution in [0.1, 0.15) is 0 Å². The van der Waals surface area contributed by atoms with E-state index < -0.39 is 0 Å². The van der Waals surface area contributed by atoms with E-state index in [2.05, 4.69) is 148 Å². The molecular weight excluding hydrogens is 763 g/mol. The van der Waals surface area contributed by atoms with Gasteiger partial charge in [0, 0.05) is 48.3 Å². The minimum absolute atomic E-state index is 0.587. The normalized spacial score (nSPS) is 11.9. The van der Waals surface area contributed by atoms with Crippen molar-refractivity contribution in [2.45, 2.75) is 0 Å². The van der Waals surface area contributed by atoms with Gasteiger partial charge in [0.05, 0.1) is 32.5 Å². The highest BCUT2D eigenvalue weighted by Crippen LogP contribution is 2.51. The maximum absolute atomic E-state index is 5.13. The SMILES string of the molecule is c1ccc(-c2nc(-c3ccccc3)nc(-n3c4ccccc4c4cc(-c5ccc6c(c5)c5cccc7c8c(-c9ccccc9)sc(-c9ccccc9)c8n6c57)ccc43)n2)cc1. The Labute approximate surface area is 354 Å². The molecule has 0 saturated heterocycles. The molecule has 0 aliphatic carbocycles. The molecular formula is C55H33N5S. The number of fused-ring (bicyclic) bond motifs is 9. The first-order valence-electron chi connectivity index (χ1n) is 20.5. The Hall–Kier alpha value is -7.93. The molecule has 5 heterocycles. The van der Waals surface area contributed by atoms with Gasteiger partial charge in [0.2, 0.25) is 5.95 Å². The van der Waals surface area contributed by atoms with Gasteiger partial charge in [0.25, 0.3) is 0 Å². The Morgan fingerprint density at radius 2 is 0.820 bits per heavy atom. The van der Waals surface area contributed by atoms with E-state index in [0.29, 0.717) is 17.6 Å². The highest BCUT2D eigenvalue weighted by molar-refractivity contribution is 7.21. The molecule has 0 unspecified atom stereocenters. The number of benzene rings is 8. The van der Waals surface area contributed by atoms with Crippen molar-refractivity contribution >= 4 is 71.2 Å². The molecule has 6 heteroatoms. The molecule has 0 fully saturated rings. The zero-order chi connectivity index (χ0) is 40.0. The van der Waals surface area contributed by atoms with Crippen LogP contribution in [0.15, 0.2) is 200 Å². The first kappa shape index (κ1) is 34.0. The number of hydrogen-bond donors (Lipinski definition) is 0. The molecule has 8 aromatic carbocycles. The van der Waals surface area contributed by atoms with Gasteiger partial charge >= 0.3 is 0 Å². The van der Waals surface area contributed by atoms with Crippen LogP contribution >= 0.6 is 11.3 Å². The topological polar surface area (TPSA) is 48.0 Å². The van der Waals surface area contributed by atoms with Crippen molar-refractivity contribution in [1.29, 1.82) is 0 Å². The summed E-state index contributed by atoms with van der Waals surface area (Å²) in [5, 5.41) is 7.43. The lowest BCUT2D eigenvalue weighted by atomic mass is 10.00. The summed E-state index contributed by atoms with van der Waals surface area (Å²) in [5.41, 5.74) is 12.6. The van der Waals surface area contributed by atoms with Gasteiger partial charge in [0.15, 0.2) is 11.6 Å². The molecule has 0 N–H and O–H groups in total. The molecule has 5 nitrogen and oxygen atoms in total. The average molecular weight is 796 g/mol. The summed E-state index contributed by atoms with van der Waals surface area (Å²) in [4.78, 5) is 17.8. The van der Waals surface area contributed by atoms with E-state index in [0.717, 1.165) is 38.5 Å². The summed E-state index contributed by atoms with van der Waals surface area (Å²) in [6.45, 7) is 0. The molecule has 61 heavy (non-hydrogen) atoms. The zero-order valence-electron chi connectivity index (χ0n) is 32.7. The van der Waals surface area contributed by atoms with Crippen molar-refractivity contribution in [3.63, 3.8) is 0 Å². The van der Waals surface area contributed by atoms with E-state index in [1.807, 2.05) is 72.0 Å². The van der Waals surface area contributed by atoms with Crippen LogP contribution < -0.4 is 0 Å². The number of aromatic nitrogens is 5. The summed E-state index contributed by atoms with van der Waals surface area (Å²) in [5.74, 6) is 1.86. The lowest BCUT2D eigenvalue weighted by Gasteiger charge is -2.11. The van der Waals surface area contributed by atoms with Crippen LogP contribution in [0.2, 0.25) is 0 Å². The molecule has 13 rings (SSSR count). The van der Waals surface area contributed by atoms with E-state index in [9.17, 15) is 0 Å². The Morgan fingerprint density at radius 1 is 0.328 bits per heavy atom. The van der Waals surface area contributed by atoms with Crippen LogP contribution in [0.25, 0.3) is 121 Å².